The molecule has 0 saturated heterocycles. The highest BCUT2D eigenvalue weighted by atomic mass is 14.8. The molecule has 1 aromatic heterocycles. The lowest BCUT2D eigenvalue weighted by atomic mass is 9.81. The van der Waals surface area contributed by atoms with Crippen molar-refractivity contribution in [2.75, 3.05) is 0 Å². The molecule has 2 saturated carbocycles. The van der Waals surface area contributed by atoms with E-state index in [4.69, 9.17) is 0 Å². The Morgan fingerprint density at radius 1 is 0.684 bits per heavy atom. The van der Waals surface area contributed by atoms with Gasteiger partial charge in [-0.05, 0) is 11.8 Å². The van der Waals surface area contributed by atoms with Crippen molar-refractivity contribution in [2.45, 2.75) is 77.0 Å². The Kier molecular flexibility index (Phi) is 7.05. The zero-order valence-electron chi connectivity index (χ0n) is 12.3. The van der Waals surface area contributed by atoms with Crippen LogP contribution < -0.4 is 0 Å². The second-order valence-corrected chi connectivity index (χ2v) is 6.26. The number of aromatic amines is 1. The summed E-state index contributed by atoms with van der Waals surface area (Å²) in [6.07, 6.45) is 23.5. The van der Waals surface area contributed by atoms with Gasteiger partial charge in [0, 0.05) is 12.4 Å². The van der Waals surface area contributed by atoms with Gasteiger partial charge in [0.1, 0.15) is 0 Å². The predicted molar refractivity (Wildman–Crippen MR) is 81.0 cm³/mol. The summed E-state index contributed by atoms with van der Waals surface area (Å²) in [7, 11) is 0. The van der Waals surface area contributed by atoms with Gasteiger partial charge in [0.05, 0.1) is 6.33 Å². The van der Waals surface area contributed by atoms with Gasteiger partial charge in [-0.15, -0.1) is 0 Å². The lowest BCUT2D eigenvalue weighted by Crippen LogP contribution is -2.13. The molecule has 2 aliphatic rings. The maximum Gasteiger partial charge on any atom is 0.0919 e. The van der Waals surface area contributed by atoms with E-state index in [-0.39, 0.29) is 0 Å². The van der Waals surface area contributed by atoms with Gasteiger partial charge >= 0.3 is 0 Å². The molecular weight excluding hydrogens is 232 g/mol. The van der Waals surface area contributed by atoms with Gasteiger partial charge < -0.3 is 4.98 Å². The van der Waals surface area contributed by atoms with Crippen molar-refractivity contribution >= 4 is 0 Å². The Balaban J connectivity index is 0.000000224. The van der Waals surface area contributed by atoms with E-state index in [1.54, 1.807) is 44.4 Å². The van der Waals surface area contributed by atoms with Crippen molar-refractivity contribution in [3.63, 3.8) is 0 Å². The van der Waals surface area contributed by atoms with Crippen molar-refractivity contribution < 1.29 is 0 Å². The zero-order valence-corrected chi connectivity index (χ0v) is 12.3. The average molecular weight is 262 g/mol. The smallest absolute Gasteiger partial charge is 0.0919 e. The fourth-order valence-electron chi connectivity index (χ4n) is 3.78. The molecule has 0 radical (unpaired) electrons. The third-order valence-electron chi connectivity index (χ3n) is 4.87. The molecule has 1 N–H and O–H groups in total. The highest BCUT2D eigenvalue weighted by Gasteiger charge is 2.23. The van der Waals surface area contributed by atoms with Crippen LogP contribution in [0.5, 0.6) is 0 Å². The quantitative estimate of drug-likeness (QED) is 0.680. The van der Waals surface area contributed by atoms with Crippen LogP contribution in [-0.2, 0) is 0 Å². The van der Waals surface area contributed by atoms with Crippen molar-refractivity contribution in [1.29, 1.82) is 0 Å². The topological polar surface area (TPSA) is 28.7 Å². The van der Waals surface area contributed by atoms with Gasteiger partial charge in [0.2, 0.25) is 0 Å². The van der Waals surface area contributed by atoms with E-state index >= 15 is 0 Å². The van der Waals surface area contributed by atoms with Gasteiger partial charge in [-0.3, -0.25) is 0 Å². The number of hydrogen-bond donors (Lipinski definition) is 1. The van der Waals surface area contributed by atoms with Crippen molar-refractivity contribution in [3.05, 3.63) is 18.7 Å². The summed E-state index contributed by atoms with van der Waals surface area (Å²) in [5.41, 5.74) is 0. The highest BCUT2D eigenvalue weighted by molar-refractivity contribution is 4.75. The van der Waals surface area contributed by atoms with Gasteiger partial charge in [-0.2, -0.15) is 0 Å². The lowest BCUT2D eigenvalue weighted by Gasteiger charge is -2.24. The van der Waals surface area contributed by atoms with E-state index < -0.39 is 0 Å². The Morgan fingerprint density at radius 2 is 1.16 bits per heavy atom. The van der Waals surface area contributed by atoms with Crippen LogP contribution in [0.4, 0.5) is 0 Å². The molecule has 0 bridgehead atoms. The maximum absolute atomic E-state index is 3.67. The molecule has 2 aliphatic carbocycles. The number of imidazole rings is 1. The Hall–Kier alpha value is -0.790. The summed E-state index contributed by atoms with van der Waals surface area (Å²) < 4.78 is 0. The second kappa shape index (κ2) is 9.17. The standard InChI is InChI=1S/C14H26.C3H4N2/c1-2-6-10-13(9-5-1)14-11-7-3-4-8-12-14;1-2-5-3-4-1/h13-14H,1-12H2;1-3H,(H,4,5). The Morgan fingerprint density at radius 3 is 1.42 bits per heavy atom. The second-order valence-electron chi connectivity index (χ2n) is 6.26. The molecule has 2 heteroatoms. The van der Waals surface area contributed by atoms with Crippen LogP contribution >= 0.6 is 0 Å². The van der Waals surface area contributed by atoms with Crippen molar-refractivity contribution in [1.82, 2.24) is 9.97 Å². The summed E-state index contributed by atoms with van der Waals surface area (Å²) in [6, 6.07) is 0. The summed E-state index contributed by atoms with van der Waals surface area (Å²) in [6.45, 7) is 0. The zero-order chi connectivity index (χ0) is 13.2. The molecule has 1 aromatic rings. The SMILES string of the molecule is C1CCCC(C2CCCCCC2)CC1.c1c[nH]cn1. The summed E-state index contributed by atoms with van der Waals surface area (Å²) >= 11 is 0. The first kappa shape index (κ1) is 14.6. The monoisotopic (exact) mass is 262 g/mol. The van der Waals surface area contributed by atoms with E-state index in [1.807, 2.05) is 0 Å². The highest BCUT2D eigenvalue weighted by Crippen LogP contribution is 2.36. The molecule has 3 rings (SSSR count). The fraction of sp³-hybridized carbons (Fsp3) is 0.824. The average Bonchev–Trinajstić information content (AvgIpc) is 2.76. The number of nitrogens with zero attached hydrogens (tertiary/aromatic N) is 1. The van der Waals surface area contributed by atoms with Crippen LogP contribution in [0.15, 0.2) is 18.7 Å². The molecule has 0 spiro atoms. The summed E-state index contributed by atoms with van der Waals surface area (Å²) in [4.78, 5) is 6.42. The lowest BCUT2D eigenvalue weighted by molar-refractivity contribution is 0.269. The first-order valence-electron chi connectivity index (χ1n) is 8.39. The van der Waals surface area contributed by atoms with E-state index in [2.05, 4.69) is 9.97 Å². The number of hydrogen-bond acceptors (Lipinski definition) is 1. The van der Waals surface area contributed by atoms with E-state index in [1.165, 1.54) is 51.4 Å². The summed E-state index contributed by atoms with van der Waals surface area (Å²) in [5.74, 6) is 2.24. The fourth-order valence-corrected chi connectivity index (χ4v) is 3.78. The van der Waals surface area contributed by atoms with Crippen LogP contribution in [0.3, 0.4) is 0 Å². The van der Waals surface area contributed by atoms with E-state index in [0.717, 1.165) is 11.8 Å². The summed E-state index contributed by atoms with van der Waals surface area (Å²) in [5, 5.41) is 0. The van der Waals surface area contributed by atoms with Gasteiger partial charge in [-0.25, -0.2) is 4.98 Å². The molecule has 0 aromatic carbocycles. The third kappa shape index (κ3) is 5.80. The molecule has 108 valence electrons. The minimum Gasteiger partial charge on any atom is -0.351 e. The number of H-pyrrole nitrogens is 1. The Bertz CT molecular complexity index is 243. The molecular formula is C17H30N2. The largest absolute Gasteiger partial charge is 0.351 e. The van der Waals surface area contributed by atoms with Crippen LogP contribution in [0, 0.1) is 11.8 Å². The van der Waals surface area contributed by atoms with Crippen LogP contribution in [-0.4, -0.2) is 9.97 Å². The molecule has 19 heavy (non-hydrogen) atoms. The molecule has 1 heterocycles. The van der Waals surface area contributed by atoms with Gasteiger partial charge in [0.15, 0.2) is 0 Å². The van der Waals surface area contributed by atoms with Crippen LogP contribution in [0.2, 0.25) is 0 Å². The van der Waals surface area contributed by atoms with Crippen LogP contribution in [0.25, 0.3) is 0 Å². The third-order valence-corrected chi connectivity index (χ3v) is 4.87. The Labute approximate surface area is 118 Å². The van der Waals surface area contributed by atoms with E-state index in [0.29, 0.717) is 0 Å². The predicted octanol–water partition coefficient (Wildman–Crippen LogP) is 5.34. The normalized spacial score (nSPS) is 22.9. The maximum atomic E-state index is 3.67. The van der Waals surface area contributed by atoms with Gasteiger partial charge in [0.25, 0.3) is 0 Å². The molecule has 0 amide bonds. The van der Waals surface area contributed by atoms with Crippen molar-refractivity contribution in [3.8, 4) is 0 Å². The first-order valence-corrected chi connectivity index (χ1v) is 8.39. The molecule has 2 fully saturated rings. The first-order chi connectivity index (χ1) is 9.47. The number of aromatic nitrogens is 2. The van der Waals surface area contributed by atoms with Gasteiger partial charge in [-0.1, -0.05) is 77.0 Å². The minimum absolute atomic E-state index is 1.12. The number of rotatable bonds is 1. The molecule has 2 nitrogen and oxygen atoms in total. The van der Waals surface area contributed by atoms with Crippen molar-refractivity contribution in [2.24, 2.45) is 11.8 Å². The number of nitrogens with one attached hydrogen (secondary N) is 1. The van der Waals surface area contributed by atoms with E-state index in [9.17, 15) is 0 Å². The molecule has 0 aliphatic heterocycles. The minimum atomic E-state index is 1.12. The van der Waals surface area contributed by atoms with Crippen LogP contribution in [0.1, 0.15) is 77.0 Å². The molecule has 0 atom stereocenters. The molecule has 0 unspecified atom stereocenters.